The molecule has 1 saturated heterocycles. The van der Waals surface area contributed by atoms with E-state index in [1.807, 2.05) is 0 Å². The number of aliphatic hydroxyl groups is 1. The molecular formula is C15H24N4O3. The van der Waals surface area contributed by atoms with Gasteiger partial charge in [-0.25, -0.2) is 0 Å². The standard InChI is InChI=1S/C15H24N4O3/c1-10-16-15(22-18-10)13-8-12(20)9-19(13)7-6-14(21)17-11-4-2-3-5-11/h11-13,20H,2-9H2,1H3,(H,17,21)/t12-,13+/m0/s1. The molecule has 1 amide bonds. The summed E-state index contributed by atoms with van der Waals surface area (Å²) in [5.41, 5.74) is 0. The topological polar surface area (TPSA) is 91.5 Å². The summed E-state index contributed by atoms with van der Waals surface area (Å²) in [4.78, 5) is 18.4. The largest absolute Gasteiger partial charge is 0.392 e. The van der Waals surface area contributed by atoms with Crippen LogP contribution >= 0.6 is 0 Å². The van der Waals surface area contributed by atoms with Crippen LogP contribution in [-0.2, 0) is 4.79 Å². The minimum atomic E-state index is -0.407. The summed E-state index contributed by atoms with van der Waals surface area (Å²) in [6, 6.07) is 0.265. The van der Waals surface area contributed by atoms with E-state index in [-0.39, 0.29) is 11.9 Å². The van der Waals surface area contributed by atoms with Crippen molar-refractivity contribution in [2.75, 3.05) is 13.1 Å². The van der Waals surface area contributed by atoms with Crippen LogP contribution in [0.3, 0.4) is 0 Å². The fraction of sp³-hybridized carbons (Fsp3) is 0.800. The zero-order valence-corrected chi connectivity index (χ0v) is 13.0. The molecule has 2 N–H and O–H groups in total. The Kier molecular flexibility index (Phi) is 4.73. The van der Waals surface area contributed by atoms with Gasteiger partial charge < -0.3 is 14.9 Å². The summed E-state index contributed by atoms with van der Waals surface area (Å²) < 4.78 is 5.23. The van der Waals surface area contributed by atoms with Crippen molar-refractivity contribution in [2.45, 2.75) is 63.6 Å². The first-order valence-corrected chi connectivity index (χ1v) is 8.13. The van der Waals surface area contributed by atoms with Gasteiger partial charge >= 0.3 is 0 Å². The molecule has 1 saturated carbocycles. The molecular weight excluding hydrogens is 284 g/mol. The van der Waals surface area contributed by atoms with Crippen LogP contribution in [0.2, 0.25) is 0 Å². The van der Waals surface area contributed by atoms with Crippen LogP contribution < -0.4 is 5.32 Å². The van der Waals surface area contributed by atoms with Crippen molar-refractivity contribution in [1.29, 1.82) is 0 Å². The molecule has 1 aliphatic heterocycles. The first-order chi connectivity index (χ1) is 10.6. The Balaban J connectivity index is 1.52. The predicted molar refractivity (Wildman–Crippen MR) is 79.0 cm³/mol. The monoisotopic (exact) mass is 308 g/mol. The Hall–Kier alpha value is -1.47. The van der Waals surface area contributed by atoms with E-state index in [0.29, 0.717) is 43.7 Å². The van der Waals surface area contributed by atoms with E-state index in [2.05, 4.69) is 20.4 Å². The van der Waals surface area contributed by atoms with Crippen molar-refractivity contribution < 1.29 is 14.4 Å². The van der Waals surface area contributed by atoms with Crippen molar-refractivity contribution in [3.05, 3.63) is 11.7 Å². The van der Waals surface area contributed by atoms with Gasteiger partial charge in [-0.3, -0.25) is 9.69 Å². The van der Waals surface area contributed by atoms with Gasteiger partial charge in [0.05, 0.1) is 12.1 Å². The van der Waals surface area contributed by atoms with E-state index in [0.717, 1.165) is 12.8 Å². The van der Waals surface area contributed by atoms with Crippen LogP contribution in [0, 0.1) is 6.92 Å². The smallest absolute Gasteiger partial charge is 0.244 e. The second kappa shape index (κ2) is 6.75. The number of amides is 1. The Morgan fingerprint density at radius 3 is 2.91 bits per heavy atom. The number of carbonyl (C=O) groups excluding carboxylic acids is 1. The summed E-state index contributed by atoms with van der Waals surface area (Å²) in [5.74, 6) is 1.22. The van der Waals surface area contributed by atoms with Gasteiger partial charge in [-0.05, 0) is 26.2 Å². The second-order valence-corrected chi connectivity index (χ2v) is 6.38. The second-order valence-electron chi connectivity index (χ2n) is 6.38. The third kappa shape index (κ3) is 3.64. The van der Waals surface area contributed by atoms with Crippen molar-refractivity contribution in [3.63, 3.8) is 0 Å². The number of aromatic nitrogens is 2. The number of rotatable bonds is 5. The van der Waals surface area contributed by atoms with E-state index < -0.39 is 6.10 Å². The molecule has 1 aliphatic carbocycles. The normalized spacial score (nSPS) is 26.6. The first kappa shape index (κ1) is 15.4. The van der Waals surface area contributed by atoms with Gasteiger partial charge in [-0.15, -0.1) is 0 Å². The maximum atomic E-state index is 12.0. The summed E-state index contributed by atoms with van der Waals surface area (Å²) in [6.07, 6.45) is 5.22. The fourth-order valence-electron chi connectivity index (χ4n) is 3.45. The lowest BCUT2D eigenvalue weighted by Gasteiger charge is -2.21. The van der Waals surface area contributed by atoms with E-state index >= 15 is 0 Å². The van der Waals surface area contributed by atoms with Gasteiger partial charge in [-0.2, -0.15) is 4.98 Å². The average molecular weight is 308 g/mol. The number of carbonyl (C=O) groups is 1. The molecule has 2 fully saturated rings. The molecule has 0 radical (unpaired) electrons. The van der Waals surface area contributed by atoms with Gasteiger partial charge in [0.1, 0.15) is 0 Å². The zero-order chi connectivity index (χ0) is 15.5. The molecule has 2 aliphatic rings. The van der Waals surface area contributed by atoms with Crippen LogP contribution in [0.4, 0.5) is 0 Å². The SMILES string of the molecule is Cc1noc([C@H]2C[C@H](O)CN2CCC(=O)NC2CCCC2)n1. The lowest BCUT2D eigenvalue weighted by atomic mass is 10.2. The molecule has 22 heavy (non-hydrogen) atoms. The Labute approximate surface area is 130 Å². The maximum Gasteiger partial charge on any atom is 0.244 e. The summed E-state index contributed by atoms with van der Waals surface area (Å²) in [5, 5.41) is 16.8. The molecule has 7 heteroatoms. The average Bonchev–Trinajstić information content (AvgIpc) is 3.18. The fourth-order valence-corrected chi connectivity index (χ4v) is 3.45. The van der Waals surface area contributed by atoms with Crippen LogP contribution in [0.25, 0.3) is 0 Å². The Bertz CT molecular complexity index is 513. The third-order valence-corrected chi connectivity index (χ3v) is 4.56. The van der Waals surface area contributed by atoms with Gasteiger partial charge in [0, 0.05) is 25.6 Å². The number of aryl methyl sites for hydroxylation is 1. The highest BCUT2D eigenvalue weighted by molar-refractivity contribution is 5.76. The van der Waals surface area contributed by atoms with Crippen LogP contribution in [0.1, 0.15) is 56.3 Å². The molecule has 0 spiro atoms. The van der Waals surface area contributed by atoms with Gasteiger partial charge in [0.15, 0.2) is 5.82 Å². The van der Waals surface area contributed by atoms with Gasteiger partial charge in [0.25, 0.3) is 0 Å². The number of β-amino-alcohol motifs (C(OH)–C–C–N with tert-alkyl or cyclic N) is 1. The molecule has 7 nitrogen and oxygen atoms in total. The summed E-state index contributed by atoms with van der Waals surface area (Å²) >= 11 is 0. The van der Waals surface area contributed by atoms with E-state index in [1.165, 1.54) is 12.8 Å². The number of aliphatic hydroxyl groups excluding tert-OH is 1. The Morgan fingerprint density at radius 1 is 1.45 bits per heavy atom. The highest BCUT2D eigenvalue weighted by Gasteiger charge is 2.35. The molecule has 3 rings (SSSR count). The van der Waals surface area contributed by atoms with Gasteiger partial charge in [-0.1, -0.05) is 18.0 Å². The summed E-state index contributed by atoms with van der Waals surface area (Å²) in [6.45, 7) is 2.92. The van der Waals surface area contributed by atoms with Crippen molar-refractivity contribution in [2.24, 2.45) is 0 Å². The Morgan fingerprint density at radius 2 is 2.23 bits per heavy atom. The molecule has 0 unspecified atom stereocenters. The predicted octanol–water partition coefficient (Wildman–Crippen LogP) is 0.935. The van der Waals surface area contributed by atoms with E-state index in [1.54, 1.807) is 6.92 Å². The van der Waals surface area contributed by atoms with Crippen molar-refractivity contribution >= 4 is 5.91 Å². The third-order valence-electron chi connectivity index (χ3n) is 4.56. The molecule has 2 heterocycles. The van der Waals surface area contributed by atoms with Crippen LogP contribution in [0.15, 0.2) is 4.52 Å². The van der Waals surface area contributed by atoms with Crippen molar-refractivity contribution in [1.82, 2.24) is 20.4 Å². The van der Waals surface area contributed by atoms with Gasteiger partial charge in [0.2, 0.25) is 11.8 Å². The number of nitrogens with zero attached hydrogens (tertiary/aromatic N) is 3. The first-order valence-electron chi connectivity index (χ1n) is 8.13. The maximum absolute atomic E-state index is 12.0. The highest BCUT2D eigenvalue weighted by Crippen LogP contribution is 2.31. The van der Waals surface area contributed by atoms with Crippen molar-refractivity contribution in [3.8, 4) is 0 Å². The van der Waals surface area contributed by atoms with Crippen LogP contribution in [0.5, 0.6) is 0 Å². The minimum absolute atomic E-state index is 0.0875. The van der Waals surface area contributed by atoms with Crippen LogP contribution in [-0.4, -0.2) is 51.3 Å². The molecule has 0 aromatic carbocycles. The minimum Gasteiger partial charge on any atom is -0.392 e. The zero-order valence-electron chi connectivity index (χ0n) is 13.0. The lowest BCUT2D eigenvalue weighted by Crippen LogP contribution is -2.36. The summed E-state index contributed by atoms with van der Waals surface area (Å²) in [7, 11) is 0. The quantitative estimate of drug-likeness (QED) is 0.841. The highest BCUT2D eigenvalue weighted by atomic mass is 16.5. The molecule has 2 atom stereocenters. The number of nitrogens with one attached hydrogen (secondary N) is 1. The molecule has 0 bridgehead atoms. The molecule has 1 aromatic heterocycles. The lowest BCUT2D eigenvalue weighted by molar-refractivity contribution is -0.122. The number of likely N-dealkylation sites (tertiary alicyclic amines) is 1. The van der Waals surface area contributed by atoms with E-state index in [9.17, 15) is 9.90 Å². The number of hydrogen-bond acceptors (Lipinski definition) is 6. The molecule has 1 aromatic rings. The van der Waals surface area contributed by atoms with E-state index in [4.69, 9.17) is 4.52 Å². The molecule has 122 valence electrons. The number of hydrogen-bond donors (Lipinski definition) is 2.